The van der Waals surface area contributed by atoms with Crippen LogP contribution in [-0.4, -0.2) is 52.1 Å². The molecule has 1 atom stereocenters. The molecule has 1 aliphatic carbocycles. The van der Waals surface area contributed by atoms with Crippen molar-refractivity contribution in [1.29, 1.82) is 0 Å². The third kappa shape index (κ3) is 4.11. The van der Waals surface area contributed by atoms with Gasteiger partial charge in [-0.3, -0.25) is 4.79 Å². The lowest BCUT2D eigenvalue weighted by Crippen LogP contribution is -2.51. The minimum atomic E-state index is -0.930. The number of urea groups is 1. The largest absolute Gasteiger partial charge is 0.480 e. The van der Waals surface area contributed by atoms with Crippen molar-refractivity contribution in [2.75, 3.05) is 13.1 Å². The number of hydrogen-bond acceptors (Lipinski definition) is 2. The Hall–Kier alpha value is -1.26. The van der Waals surface area contributed by atoms with Gasteiger partial charge in [0, 0.05) is 18.6 Å². The Morgan fingerprint density at radius 1 is 1.26 bits per heavy atom. The second-order valence-corrected chi connectivity index (χ2v) is 5.29. The first-order valence-electron chi connectivity index (χ1n) is 7.30. The van der Waals surface area contributed by atoms with E-state index in [2.05, 4.69) is 0 Å². The fourth-order valence-corrected chi connectivity index (χ4v) is 2.74. The topological polar surface area (TPSA) is 60.9 Å². The van der Waals surface area contributed by atoms with Gasteiger partial charge in [-0.1, -0.05) is 19.8 Å². The van der Waals surface area contributed by atoms with E-state index < -0.39 is 5.97 Å². The van der Waals surface area contributed by atoms with Crippen molar-refractivity contribution >= 4 is 12.0 Å². The van der Waals surface area contributed by atoms with E-state index in [1.807, 2.05) is 20.8 Å². The van der Waals surface area contributed by atoms with E-state index in [0.29, 0.717) is 6.54 Å². The van der Waals surface area contributed by atoms with E-state index in [1.165, 1.54) is 0 Å². The highest BCUT2D eigenvalue weighted by Crippen LogP contribution is 2.25. The van der Waals surface area contributed by atoms with Crippen LogP contribution in [0.2, 0.25) is 0 Å². The third-order valence-electron chi connectivity index (χ3n) is 4.03. The molecule has 1 N–H and O–H groups in total. The summed E-state index contributed by atoms with van der Waals surface area (Å²) in [6, 6.07) is 0.128. The molecule has 0 radical (unpaired) electrons. The number of nitrogens with zero attached hydrogens (tertiary/aromatic N) is 2. The Kier molecular flexibility index (Phi) is 6.12. The van der Waals surface area contributed by atoms with Crippen LogP contribution in [0.25, 0.3) is 0 Å². The predicted molar refractivity (Wildman–Crippen MR) is 74.1 cm³/mol. The van der Waals surface area contributed by atoms with Crippen LogP contribution in [0, 0.1) is 0 Å². The standard InChI is InChI=1S/C14H26N2O3/c1-4-11(3)15(5-2)14(19)16(10-13(17)18)12-8-6-7-9-12/h11-12H,4-10H2,1-3H3,(H,17,18). The Bertz CT molecular complexity index is 314. The first kappa shape index (κ1) is 15.8. The van der Waals surface area contributed by atoms with E-state index >= 15 is 0 Å². The molecule has 110 valence electrons. The lowest BCUT2D eigenvalue weighted by Gasteiger charge is -2.36. The highest BCUT2D eigenvalue weighted by atomic mass is 16.4. The van der Waals surface area contributed by atoms with Gasteiger partial charge in [-0.2, -0.15) is 0 Å². The number of rotatable bonds is 6. The summed E-state index contributed by atoms with van der Waals surface area (Å²) in [5.74, 6) is -0.930. The Morgan fingerprint density at radius 2 is 1.84 bits per heavy atom. The molecule has 0 heterocycles. The molecule has 1 fully saturated rings. The molecule has 0 saturated heterocycles. The van der Waals surface area contributed by atoms with Crippen LogP contribution >= 0.6 is 0 Å². The smallest absolute Gasteiger partial charge is 0.323 e. The highest BCUT2D eigenvalue weighted by Gasteiger charge is 2.32. The molecule has 1 saturated carbocycles. The number of amides is 2. The molecule has 5 nitrogen and oxygen atoms in total. The fourth-order valence-electron chi connectivity index (χ4n) is 2.74. The molecule has 2 amide bonds. The van der Waals surface area contributed by atoms with Gasteiger partial charge in [0.25, 0.3) is 0 Å². The van der Waals surface area contributed by atoms with E-state index in [0.717, 1.165) is 32.1 Å². The summed E-state index contributed by atoms with van der Waals surface area (Å²) in [5, 5.41) is 9.03. The second-order valence-electron chi connectivity index (χ2n) is 5.29. The zero-order valence-corrected chi connectivity index (χ0v) is 12.3. The maximum absolute atomic E-state index is 12.6. The Labute approximate surface area is 115 Å². The van der Waals surface area contributed by atoms with Crippen molar-refractivity contribution in [2.45, 2.75) is 65.0 Å². The van der Waals surface area contributed by atoms with Gasteiger partial charge in [0.2, 0.25) is 0 Å². The van der Waals surface area contributed by atoms with Gasteiger partial charge in [0.15, 0.2) is 0 Å². The van der Waals surface area contributed by atoms with Crippen LogP contribution in [0.3, 0.4) is 0 Å². The number of carbonyl (C=O) groups excluding carboxylic acids is 1. The first-order valence-corrected chi connectivity index (χ1v) is 7.30. The van der Waals surface area contributed by atoms with Crippen molar-refractivity contribution in [2.24, 2.45) is 0 Å². The minimum Gasteiger partial charge on any atom is -0.480 e. The predicted octanol–water partition coefficient (Wildman–Crippen LogP) is 2.56. The molecule has 0 bridgehead atoms. The zero-order valence-electron chi connectivity index (χ0n) is 12.3. The maximum Gasteiger partial charge on any atom is 0.323 e. The van der Waals surface area contributed by atoms with Gasteiger partial charge < -0.3 is 14.9 Å². The number of carboxylic acids is 1. The summed E-state index contributed by atoms with van der Waals surface area (Å²) < 4.78 is 0. The van der Waals surface area contributed by atoms with Gasteiger partial charge in [0.05, 0.1) is 0 Å². The van der Waals surface area contributed by atoms with E-state index in [1.54, 1.807) is 9.80 Å². The molecule has 1 unspecified atom stereocenters. The van der Waals surface area contributed by atoms with Crippen LogP contribution in [-0.2, 0) is 4.79 Å². The SMILES string of the molecule is CCC(C)N(CC)C(=O)N(CC(=O)O)C1CCCC1. The van der Waals surface area contributed by atoms with E-state index in [9.17, 15) is 9.59 Å². The average Bonchev–Trinajstić information content (AvgIpc) is 2.89. The molecule has 1 aliphatic rings. The number of hydrogen-bond donors (Lipinski definition) is 1. The van der Waals surface area contributed by atoms with E-state index in [4.69, 9.17) is 5.11 Å². The van der Waals surface area contributed by atoms with Crippen LogP contribution < -0.4 is 0 Å². The lowest BCUT2D eigenvalue weighted by molar-refractivity contribution is -0.138. The summed E-state index contributed by atoms with van der Waals surface area (Å²) in [5.41, 5.74) is 0. The van der Waals surface area contributed by atoms with E-state index in [-0.39, 0.29) is 24.7 Å². The highest BCUT2D eigenvalue weighted by molar-refractivity contribution is 5.80. The molecular formula is C14H26N2O3. The van der Waals surface area contributed by atoms with Gasteiger partial charge in [0.1, 0.15) is 6.54 Å². The first-order chi connectivity index (χ1) is 9.01. The second kappa shape index (κ2) is 7.36. The summed E-state index contributed by atoms with van der Waals surface area (Å²) in [7, 11) is 0. The molecule has 5 heteroatoms. The van der Waals surface area contributed by atoms with Crippen LogP contribution in [0.5, 0.6) is 0 Å². The Balaban J connectivity index is 2.82. The van der Waals surface area contributed by atoms with Crippen molar-refractivity contribution in [1.82, 2.24) is 9.80 Å². The molecule has 0 aromatic carbocycles. The number of carbonyl (C=O) groups is 2. The van der Waals surface area contributed by atoms with Gasteiger partial charge in [-0.05, 0) is 33.1 Å². The Morgan fingerprint density at radius 3 is 2.26 bits per heavy atom. The molecular weight excluding hydrogens is 244 g/mol. The fraction of sp³-hybridized carbons (Fsp3) is 0.857. The van der Waals surface area contributed by atoms with Crippen molar-refractivity contribution in [3.8, 4) is 0 Å². The summed E-state index contributed by atoms with van der Waals surface area (Å²) >= 11 is 0. The monoisotopic (exact) mass is 270 g/mol. The molecule has 0 spiro atoms. The van der Waals surface area contributed by atoms with Crippen molar-refractivity contribution < 1.29 is 14.7 Å². The molecule has 1 rings (SSSR count). The summed E-state index contributed by atoms with van der Waals surface area (Å²) in [6.45, 7) is 6.43. The summed E-state index contributed by atoms with van der Waals surface area (Å²) in [6.07, 6.45) is 4.91. The van der Waals surface area contributed by atoms with Gasteiger partial charge >= 0.3 is 12.0 Å². The third-order valence-corrected chi connectivity index (χ3v) is 4.03. The number of carboxylic acid groups (broad SMARTS) is 1. The van der Waals surface area contributed by atoms with Crippen LogP contribution in [0.4, 0.5) is 4.79 Å². The van der Waals surface area contributed by atoms with Crippen LogP contribution in [0.15, 0.2) is 0 Å². The molecule has 0 aliphatic heterocycles. The van der Waals surface area contributed by atoms with Crippen molar-refractivity contribution in [3.63, 3.8) is 0 Å². The van der Waals surface area contributed by atoms with Gasteiger partial charge in [-0.15, -0.1) is 0 Å². The van der Waals surface area contributed by atoms with Gasteiger partial charge in [-0.25, -0.2) is 4.79 Å². The van der Waals surface area contributed by atoms with Crippen molar-refractivity contribution in [3.05, 3.63) is 0 Å². The molecule has 0 aromatic heterocycles. The lowest BCUT2D eigenvalue weighted by atomic mass is 10.2. The summed E-state index contributed by atoms with van der Waals surface area (Å²) in [4.78, 5) is 26.9. The zero-order chi connectivity index (χ0) is 14.4. The molecule has 0 aromatic rings. The number of aliphatic carboxylic acids is 1. The quantitative estimate of drug-likeness (QED) is 0.807. The molecule has 19 heavy (non-hydrogen) atoms. The minimum absolute atomic E-state index is 0.0988. The maximum atomic E-state index is 12.6. The average molecular weight is 270 g/mol. The van der Waals surface area contributed by atoms with Crippen LogP contribution in [0.1, 0.15) is 52.9 Å². The normalized spacial score (nSPS) is 17.2.